The molecule has 7 nitrogen and oxygen atoms in total. The molecule has 1 aromatic carbocycles. The van der Waals surface area contributed by atoms with E-state index in [9.17, 15) is 9.59 Å². The molecule has 2 rings (SSSR count). The van der Waals surface area contributed by atoms with Crippen molar-refractivity contribution in [2.75, 3.05) is 20.7 Å². The summed E-state index contributed by atoms with van der Waals surface area (Å²) in [5, 5.41) is 4.07. The smallest absolute Gasteiger partial charge is 0.289 e. The average Bonchev–Trinajstić information content (AvgIpc) is 2.64. The normalized spacial score (nSPS) is 10.9. The molecular weight excluding hydrogens is 320 g/mol. The molecule has 0 aliphatic rings. The van der Waals surface area contributed by atoms with Crippen molar-refractivity contribution >= 4 is 17.5 Å². The topological polar surface area (TPSA) is 83.9 Å². The van der Waals surface area contributed by atoms with E-state index in [1.54, 1.807) is 69.7 Å². The number of nitrogens with zero attached hydrogens (tertiary/aromatic N) is 3. The maximum Gasteiger partial charge on any atom is 0.289 e. The average molecular weight is 340 g/mol. The van der Waals surface area contributed by atoms with Crippen molar-refractivity contribution in [1.82, 2.24) is 15.3 Å². The molecule has 0 saturated carbocycles. The molecule has 1 heterocycles. The highest BCUT2D eigenvalue weighted by Crippen LogP contribution is 2.13. The van der Waals surface area contributed by atoms with Crippen LogP contribution in [0.5, 0.6) is 5.75 Å². The van der Waals surface area contributed by atoms with Crippen LogP contribution in [-0.2, 0) is 4.79 Å². The minimum atomic E-state index is -0.373. The molecule has 2 aromatic rings. The summed E-state index contributed by atoms with van der Waals surface area (Å²) in [4.78, 5) is 28.8. The fourth-order valence-electron chi connectivity index (χ4n) is 1.82. The van der Waals surface area contributed by atoms with Gasteiger partial charge in [-0.1, -0.05) is 6.07 Å². The number of hydrazone groups is 1. The zero-order valence-electron chi connectivity index (χ0n) is 14.4. The van der Waals surface area contributed by atoms with Crippen molar-refractivity contribution in [3.8, 4) is 5.75 Å². The lowest BCUT2D eigenvalue weighted by Gasteiger charge is -2.11. The first kappa shape index (κ1) is 18.1. The predicted octanol–water partition coefficient (Wildman–Crippen LogP) is 1.70. The maximum atomic E-state index is 11.9. The van der Waals surface area contributed by atoms with Gasteiger partial charge in [-0.3, -0.25) is 14.6 Å². The summed E-state index contributed by atoms with van der Waals surface area (Å²) in [5.41, 5.74) is 4.23. The number of rotatable bonds is 6. The van der Waals surface area contributed by atoms with Crippen molar-refractivity contribution in [3.05, 3.63) is 59.9 Å². The van der Waals surface area contributed by atoms with Crippen LogP contribution in [0.2, 0.25) is 0 Å². The minimum absolute atomic E-state index is 0.0143. The number of benzene rings is 1. The molecule has 0 aliphatic heterocycles. The number of amides is 2. The fourth-order valence-corrected chi connectivity index (χ4v) is 1.82. The molecule has 130 valence electrons. The largest absolute Gasteiger partial charge is 0.484 e. The number of carbonyl (C=O) groups is 2. The number of hydrogen-bond acceptors (Lipinski definition) is 5. The van der Waals surface area contributed by atoms with Crippen molar-refractivity contribution in [3.63, 3.8) is 0 Å². The minimum Gasteiger partial charge on any atom is -0.484 e. The molecule has 0 aliphatic carbocycles. The van der Waals surface area contributed by atoms with E-state index >= 15 is 0 Å². The Bertz CT molecular complexity index is 756. The highest BCUT2D eigenvalue weighted by atomic mass is 16.5. The summed E-state index contributed by atoms with van der Waals surface area (Å²) >= 11 is 0. The number of nitrogens with one attached hydrogen (secondary N) is 1. The van der Waals surface area contributed by atoms with E-state index in [4.69, 9.17) is 4.74 Å². The number of hydrogen-bond donors (Lipinski definition) is 1. The lowest BCUT2D eigenvalue weighted by molar-refractivity contribution is -0.130. The van der Waals surface area contributed by atoms with Crippen LogP contribution in [0.4, 0.5) is 0 Å². The van der Waals surface area contributed by atoms with Crippen molar-refractivity contribution in [1.29, 1.82) is 0 Å². The third-order valence-electron chi connectivity index (χ3n) is 3.36. The van der Waals surface area contributed by atoms with Gasteiger partial charge in [-0.2, -0.15) is 5.10 Å². The zero-order valence-corrected chi connectivity index (χ0v) is 14.4. The molecule has 0 atom stereocenters. The number of likely N-dealkylation sites (N-methyl/N-ethyl adjacent to an activating group) is 1. The van der Waals surface area contributed by atoms with Crippen molar-refractivity contribution < 1.29 is 14.3 Å². The van der Waals surface area contributed by atoms with Gasteiger partial charge in [0.15, 0.2) is 6.61 Å². The molecule has 1 aromatic heterocycles. The quantitative estimate of drug-likeness (QED) is 0.641. The summed E-state index contributed by atoms with van der Waals surface area (Å²) in [6.45, 7) is 1.77. The first-order valence-corrected chi connectivity index (χ1v) is 7.66. The number of ether oxygens (including phenoxy) is 1. The summed E-state index contributed by atoms with van der Waals surface area (Å²) in [6.07, 6.45) is 1.55. The van der Waals surface area contributed by atoms with E-state index in [1.807, 2.05) is 0 Å². The predicted molar refractivity (Wildman–Crippen MR) is 94.5 cm³/mol. The van der Waals surface area contributed by atoms with Crippen molar-refractivity contribution in [2.24, 2.45) is 5.10 Å². The van der Waals surface area contributed by atoms with Gasteiger partial charge >= 0.3 is 0 Å². The first-order valence-electron chi connectivity index (χ1n) is 7.66. The summed E-state index contributed by atoms with van der Waals surface area (Å²) in [7, 11) is 3.35. The lowest BCUT2D eigenvalue weighted by atomic mass is 10.1. The highest BCUT2D eigenvalue weighted by molar-refractivity contribution is 6.00. The van der Waals surface area contributed by atoms with E-state index in [2.05, 4.69) is 15.5 Å². The van der Waals surface area contributed by atoms with Crippen molar-refractivity contribution in [2.45, 2.75) is 6.92 Å². The second-order valence-electron chi connectivity index (χ2n) is 5.45. The SMILES string of the molecule is C/C(=N/NC(=O)c1ccccn1)c1ccc(OCC(=O)N(C)C)cc1. The van der Waals surface area contributed by atoms with Gasteiger partial charge in [-0.05, 0) is 48.9 Å². The Balaban J connectivity index is 1.94. The van der Waals surface area contributed by atoms with E-state index in [1.165, 1.54) is 4.90 Å². The zero-order chi connectivity index (χ0) is 18.2. The van der Waals surface area contributed by atoms with E-state index in [0.717, 1.165) is 5.56 Å². The van der Waals surface area contributed by atoms with Crippen LogP contribution in [-0.4, -0.2) is 48.1 Å². The molecule has 7 heteroatoms. The van der Waals surface area contributed by atoms with Crippen LogP contribution in [0.1, 0.15) is 23.0 Å². The Morgan fingerprint density at radius 3 is 2.48 bits per heavy atom. The maximum absolute atomic E-state index is 11.9. The molecule has 0 unspecified atom stereocenters. The first-order chi connectivity index (χ1) is 12.0. The highest BCUT2D eigenvalue weighted by Gasteiger charge is 2.07. The standard InChI is InChI=1S/C18H20N4O3/c1-13(20-21-18(24)16-6-4-5-11-19-16)14-7-9-15(10-8-14)25-12-17(23)22(2)3/h4-11H,12H2,1-3H3,(H,21,24)/b20-13-. The van der Waals surface area contributed by atoms with Gasteiger partial charge in [0, 0.05) is 20.3 Å². The van der Waals surface area contributed by atoms with Crippen LogP contribution < -0.4 is 10.2 Å². The fraction of sp³-hybridized carbons (Fsp3) is 0.222. The molecular formula is C18H20N4O3. The van der Waals surface area contributed by atoms with Crippen LogP contribution in [0.25, 0.3) is 0 Å². The Labute approximate surface area is 146 Å². The van der Waals surface area contributed by atoms with E-state index in [0.29, 0.717) is 17.2 Å². The molecule has 0 fully saturated rings. The Kier molecular flexibility index (Phi) is 6.22. The second kappa shape index (κ2) is 8.58. The van der Waals surface area contributed by atoms with E-state index in [-0.39, 0.29) is 18.4 Å². The van der Waals surface area contributed by atoms with E-state index < -0.39 is 0 Å². The van der Waals surface area contributed by atoms with Gasteiger partial charge in [0.05, 0.1) is 5.71 Å². The molecule has 0 saturated heterocycles. The summed E-state index contributed by atoms with van der Waals surface area (Å²) < 4.78 is 5.41. The third-order valence-corrected chi connectivity index (χ3v) is 3.36. The Morgan fingerprint density at radius 1 is 1.16 bits per heavy atom. The summed E-state index contributed by atoms with van der Waals surface area (Å²) in [6, 6.07) is 12.2. The van der Waals surface area contributed by atoms with Crippen LogP contribution in [0.3, 0.4) is 0 Å². The molecule has 2 amide bonds. The Hall–Kier alpha value is -3.22. The number of aromatic nitrogens is 1. The van der Waals surface area contributed by atoms with Crippen LogP contribution in [0, 0.1) is 0 Å². The van der Waals surface area contributed by atoms with Gasteiger partial charge in [0.25, 0.3) is 11.8 Å². The van der Waals surface area contributed by atoms with Gasteiger partial charge in [-0.25, -0.2) is 5.43 Å². The van der Waals surface area contributed by atoms with Crippen LogP contribution >= 0.6 is 0 Å². The van der Waals surface area contributed by atoms with Gasteiger partial charge in [-0.15, -0.1) is 0 Å². The van der Waals surface area contributed by atoms with Gasteiger partial charge in [0.2, 0.25) is 0 Å². The van der Waals surface area contributed by atoms with Crippen LogP contribution in [0.15, 0.2) is 53.8 Å². The lowest BCUT2D eigenvalue weighted by Crippen LogP contribution is -2.27. The molecule has 0 radical (unpaired) electrons. The van der Waals surface area contributed by atoms with Gasteiger partial charge < -0.3 is 9.64 Å². The second-order valence-corrected chi connectivity index (χ2v) is 5.45. The number of carbonyl (C=O) groups excluding carboxylic acids is 2. The molecule has 25 heavy (non-hydrogen) atoms. The van der Waals surface area contributed by atoms with Gasteiger partial charge in [0.1, 0.15) is 11.4 Å². The Morgan fingerprint density at radius 2 is 1.88 bits per heavy atom. The number of pyridine rings is 1. The third kappa shape index (κ3) is 5.42. The summed E-state index contributed by atoms with van der Waals surface area (Å²) in [5.74, 6) is 0.102. The molecule has 0 bridgehead atoms. The molecule has 1 N–H and O–H groups in total. The monoisotopic (exact) mass is 340 g/mol. The molecule has 0 spiro atoms.